The SMILES string of the molecule is CC(CC(O)Cc1c(F)cccc1Cl)C(C)(C)C. The van der Waals surface area contributed by atoms with Gasteiger partial charge in [0.15, 0.2) is 0 Å². The maximum atomic E-state index is 13.6. The van der Waals surface area contributed by atoms with Crippen LogP contribution in [0.2, 0.25) is 5.02 Å². The van der Waals surface area contributed by atoms with Crippen LogP contribution in [-0.2, 0) is 6.42 Å². The minimum Gasteiger partial charge on any atom is -0.393 e. The Bertz CT molecular complexity index is 378. The number of aliphatic hydroxyl groups excluding tert-OH is 1. The lowest BCUT2D eigenvalue weighted by Gasteiger charge is -2.29. The van der Waals surface area contributed by atoms with Gasteiger partial charge >= 0.3 is 0 Å². The highest BCUT2D eigenvalue weighted by Crippen LogP contribution is 2.30. The quantitative estimate of drug-likeness (QED) is 0.858. The zero-order valence-electron chi connectivity index (χ0n) is 11.5. The van der Waals surface area contributed by atoms with Crippen molar-refractivity contribution in [2.75, 3.05) is 0 Å². The Kier molecular flexibility index (Phi) is 5.18. The fourth-order valence-electron chi connectivity index (χ4n) is 1.81. The van der Waals surface area contributed by atoms with Gasteiger partial charge in [0.2, 0.25) is 0 Å². The fraction of sp³-hybridized carbons (Fsp3) is 0.600. The van der Waals surface area contributed by atoms with Crippen molar-refractivity contribution in [1.82, 2.24) is 0 Å². The van der Waals surface area contributed by atoms with Crippen molar-refractivity contribution in [2.45, 2.75) is 46.6 Å². The highest BCUT2D eigenvalue weighted by molar-refractivity contribution is 6.31. The summed E-state index contributed by atoms with van der Waals surface area (Å²) in [6.45, 7) is 8.52. The average molecular weight is 273 g/mol. The molecule has 102 valence electrons. The van der Waals surface area contributed by atoms with Crippen LogP contribution in [0.3, 0.4) is 0 Å². The first-order valence-corrected chi connectivity index (χ1v) is 6.70. The number of halogens is 2. The van der Waals surface area contributed by atoms with Crippen LogP contribution in [0.4, 0.5) is 4.39 Å². The van der Waals surface area contributed by atoms with E-state index in [-0.39, 0.29) is 17.7 Å². The topological polar surface area (TPSA) is 20.2 Å². The van der Waals surface area contributed by atoms with Gasteiger partial charge in [-0.3, -0.25) is 0 Å². The van der Waals surface area contributed by atoms with Crippen molar-refractivity contribution in [3.05, 3.63) is 34.6 Å². The van der Waals surface area contributed by atoms with Gasteiger partial charge in [-0.2, -0.15) is 0 Å². The smallest absolute Gasteiger partial charge is 0.127 e. The van der Waals surface area contributed by atoms with Gasteiger partial charge in [-0.1, -0.05) is 45.4 Å². The number of benzene rings is 1. The molecular weight excluding hydrogens is 251 g/mol. The number of aliphatic hydroxyl groups is 1. The summed E-state index contributed by atoms with van der Waals surface area (Å²) in [5, 5.41) is 10.4. The van der Waals surface area contributed by atoms with Gasteiger partial charge in [0.05, 0.1) is 6.10 Å². The summed E-state index contributed by atoms with van der Waals surface area (Å²) in [4.78, 5) is 0. The number of hydrogen-bond acceptors (Lipinski definition) is 1. The molecule has 1 rings (SSSR count). The summed E-state index contributed by atoms with van der Waals surface area (Å²) in [5.41, 5.74) is 0.549. The summed E-state index contributed by atoms with van der Waals surface area (Å²) in [6, 6.07) is 4.60. The monoisotopic (exact) mass is 272 g/mol. The molecule has 18 heavy (non-hydrogen) atoms. The molecule has 0 heterocycles. The summed E-state index contributed by atoms with van der Waals surface area (Å²) in [6.07, 6.45) is 0.355. The van der Waals surface area contributed by atoms with Crippen molar-refractivity contribution < 1.29 is 9.50 Å². The molecule has 0 fully saturated rings. The molecular formula is C15H22ClFO. The van der Waals surface area contributed by atoms with E-state index in [0.717, 1.165) is 0 Å². The first kappa shape index (κ1) is 15.5. The van der Waals surface area contributed by atoms with Crippen LogP contribution in [0.15, 0.2) is 18.2 Å². The third kappa shape index (κ3) is 4.25. The minimum absolute atomic E-state index is 0.139. The highest BCUT2D eigenvalue weighted by Gasteiger charge is 2.23. The first-order chi connectivity index (χ1) is 8.21. The average Bonchev–Trinajstić information content (AvgIpc) is 2.22. The molecule has 0 aliphatic rings. The summed E-state index contributed by atoms with van der Waals surface area (Å²) in [5.74, 6) is 0.0167. The molecule has 1 N–H and O–H groups in total. The summed E-state index contributed by atoms with van der Waals surface area (Å²) >= 11 is 5.95. The molecule has 2 atom stereocenters. The van der Waals surface area contributed by atoms with Crippen LogP contribution < -0.4 is 0 Å². The van der Waals surface area contributed by atoms with E-state index in [1.807, 2.05) is 0 Å². The van der Waals surface area contributed by atoms with E-state index in [0.29, 0.717) is 22.9 Å². The molecule has 0 aliphatic carbocycles. The molecule has 3 heteroatoms. The molecule has 0 amide bonds. The normalized spacial score (nSPS) is 15.5. The molecule has 1 aromatic rings. The largest absolute Gasteiger partial charge is 0.393 e. The molecule has 0 aromatic heterocycles. The molecule has 1 aromatic carbocycles. The Morgan fingerprint density at radius 1 is 1.33 bits per heavy atom. The second-order valence-corrected chi connectivity index (χ2v) is 6.47. The zero-order valence-corrected chi connectivity index (χ0v) is 12.3. The lowest BCUT2D eigenvalue weighted by molar-refractivity contribution is 0.109. The van der Waals surface area contributed by atoms with E-state index in [4.69, 9.17) is 11.6 Å². The predicted octanol–water partition coefficient (Wildman–Crippen LogP) is 4.45. The van der Waals surface area contributed by atoms with Gasteiger partial charge in [0, 0.05) is 17.0 Å². The van der Waals surface area contributed by atoms with Crippen molar-refractivity contribution in [3.63, 3.8) is 0 Å². The predicted molar refractivity (Wildman–Crippen MR) is 74.4 cm³/mol. The van der Waals surface area contributed by atoms with E-state index in [2.05, 4.69) is 27.7 Å². The van der Waals surface area contributed by atoms with E-state index in [9.17, 15) is 9.50 Å². The fourth-order valence-corrected chi connectivity index (χ4v) is 2.05. The Labute approximate surface area is 114 Å². The van der Waals surface area contributed by atoms with Crippen molar-refractivity contribution in [2.24, 2.45) is 11.3 Å². The van der Waals surface area contributed by atoms with Crippen molar-refractivity contribution >= 4 is 11.6 Å². The molecule has 2 unspecified atom stereocenters. The van der Waals surface area contributed by atoms with Gasteiger partial charge < -0.3 is 5.11 Å². The van der Waals surface area contributed by atoms with Crippen LogP contribution in [0, 0.1) is 17.2 Å². The van der Waals surface area contributed by atoms with Gasteiger partial charge in [-0.05, 0) is 29.9 Å². The standard InChI is InChI=1S/C15H22ClFO/c1-10(15(2,3)4)8-11(18)9-12-13(16)6-5-7-14(12)17/h5-7,10-11,18H,8-9H2,1-4H3. The Balaban J connectivity index is 2.68. The Hall–Kier alpha value is -0.600. The second-order valence-electron chi connectivity index (χ2n) is 6.06. The van der Waals surface area contributed by atoms with Crippen LogP contribution in [0.1, 0.15) is 39.7 Å². The maximum absolute atomic E-state index is 13.6. The van der Waals surface area contributed by atoms with Gasteiger partial charge in [-0.15, -0.1) is 0 Å². The van der Waals surface area contributed by atoms with E-state index >= 15 is 0 Å². The first-order valence-electron chi connectivity index (χ1n) is 6.32. The summed E-state index contributed by atoms with van der Waals surface area (Å²) in [7, 11) is 0. The number of rotatable bonds is 4. The van der Waals surface area contributed by atoms with Crippen LogP contribution >= 0.6 is 11.6 Å². The third-order valence-electron chi connectivity index (χ3n) is 3.61. The van der Waals surface area contributed by atoms with E-state index in [1.165, 1.54) is 6.07 Å². The van der Waals surface area contributed by atoms with E-state index in [1.54, 1.807) is 12.1 Å². The molecule has 0 spiro atoms. The molecule has 0 bridgehead atoms. The van der Waals surface area contributed by atoms with Crippen molar-refractivity contribution in [1.29, 1.82) is 0 Å². The van der Waals surface area contributed by atoms with Crippen LogP contribution in [0.5, 0.6) is 0 Å². The number of hydrogen-bond donors (Lipinski definition) is 1. The third-order valence-corrected chi connectivity index (χ3v) is 3.96. The molecule has 0 saturated carbocycles. The molecule has 0 radical (unpaired) electrons. The van der Waals surface area contributed by atoms with Gasteiger partial charge in [0.1, 0.15) is 5.82 Å². The maximum Gasteiger partial charge on any atom is 0.127 e. The molecule has 0 aliphatic heterocycles. The minimum atomic E-state index is -0.561. The Morgan fingerprint density at radius 2 is 1.94 bits per heavy atom. The second kappa shape index (κ2) is 6.03. The lowest BCUT2D eigenvalue weighted by Crippen LogP contribution is -2.24. The summed E-state index contributed by atoms with van der Waals surface area (Å²) < 4.78 is 13.6. The lowest BCUT2D eigenvalue weighted by atomic mass is 9.78. The van der Waals surface area contributed by atoms with Gasteiger partial charge in [0.25, 0.3) is 0 Å². The molecule has 0 saturated heterocycles. The van der Waals surface area contributed by atoms with Crippen LogP contribution in [0.25, 0.3) is 0 Å². The van der Waals surface area contributed by atoms with E-state index < -0.39 is 6.10 Å². The van der Waals surface area contributed by atoms with Gasteiger partial charge in [-0.25, -0.2) is 4.39 Å². The molecule has 1 nitrogen and oxygen atoms in total. The van der Waals surface area contributed by atoms with Crippen LogP contribution in [-0.4, -0.2) is 11.2 Å². The van der Waals surface area contributed by atoms with Crippen molar-refractivity contribution in [3.8, 4) is 0 Å². The zero-order chi connectivity index (χ0) is 13.9. The Morgan fingerprint density at radius 3 is 2.44 bits per heavy atom. The highest BCUT2D eigenvalue weighted by atomic mass is 35.5.